The van der Waals surface area contributed by atoms with Crippen molar-refractivity contribution in [3.63, 3.8) is 0 Å². The number of benzene rings is 1. The molecule has 0 saturated carbocycles. The summed E-state index contributed by atoms with van der Waals surface area (Å²) < 4.78 is 15.4. The van der Waals surface area contributed by atoms with Crippen molar-refractivity contribution < 1.29 is 9.18 Å². The molecule has 1 aromatic carbocycles. The van der Waals surface area contributed by atoms with Gasteiger partial charge in [-0.15, -0.1) is 0 Å². The van der Waals surface area contributed by atoms with Gasteiger partial charge in [-0.05, 0) is 19.1 Å². The summed E-state index contributed by atoms with van der Waals surface area (Å²) in [6, 6.07) is 6.30. The lowest BCUT2D eigenvalue weighted by Gasteiger charge is -2.07. The highest BCUT2D eigenvalue weighted by atomic mass is 35.5. The van der Waals surface area contributed by atoms with Gasteiger partial charge in [0.1, 0.15) is 5.82 Å². The zero-order valence-electron chi connectivity index (χ0n) is 11.3. The Balaban J connectivity index is 2.24. The molecule has 2 rings (SSSR count). The molecule has 0 unspecified atom stereocenters. The van der Waals surface area contributed by atoms with E-state index in [1.165, 1.54) is 6.07 Å². The Hall–Kier alpha value is -1.88. The molecule has 0 atom stereocenters. The molecule has 0 spiro atoms. The summed E-state index contributed by atoms with van der Waals surface area (Å²) in [5.41, 5.74) is 1.20. The van der Waals surface area contributed by atoms with Crippen LogP contribution in [-0.2, 0) is 11.3 Å². The molecule has 0 aliphatic carbocycles. The summed E-state index contributed by atoms with van der Waals surface area (Å²) in [4.78, 5) is 11.3. The number of carbonyl (C=O) groups excluding carboxylic acids is 1. The summed E-state index contributed by atoms with van der Waals surface area (Å²) in [6.45, 7) is 3.82. The maximum absolute atomic E-state index is 13.7. The van der Waals surface area contributed by atoms with Crippen molar-refractivity contribution >= 4 is 23.3 Å². The summed E-state index contributed by atoms with van der Waals surface area (Å²) in [7, 11) is 0. The monoisotopic (exact) mass is 295 g/mol. The highest BCUT2D eigenvalue weighted by Crippen LogP contribution is 2.21. The third-order valence-electron chi connectivity index (χ3n) is 2.94. The number of rotatable bonds is 4. The van der Waals surface area contributed by atoms with Crippen LogP contribution < -0.4 is 5.32 Å². The van der Waals surface area contributed by atoms with Gasteiger partial charge in [-0.2, -0.15) is 5.10 Å². The fourth-order valence-electron chi connectivity index (χ4n) is 1.80. The Labute approximate surface area is 121 Å². The van der Waals surface area contributed by atoms with Crippen LogP contribution in [0.15, 0.2) is 24.3 Å². The lowest BCUT2D eigenvalue weighted by molar-refractivity contribution is -0.115. The summed E-state index contributed by atoms with van der Waals surface area (Å²) in [5.74, 6) is -0.0214. The molecule has 1 amide bonds. The maximum atomic E-state index is 13.7. The molecular formula is C14H15ClFN3O. The second-order valence-electron chi connectivity index (χ2n) is 4.43. The van der Waals surface area contributed by atoms with Gasteiger partial charge >= 0.3 is 0 Å². The molecule has 0 saturated heterocycles. The quantitative estimate of drug-likeness (QED) is 0.940. The lowest BCUT2D eigenvalue weighted by Crippen LogP contribution is -2.11. The molecule has 1 N–H and O–H groups in total. The second-order valence-corrected chi connectivity index (χ2v) is 4.84. The molecule has 0 radical (unpaired) electrons. The smallest absolute Gasteiger partial charge is 0.225 e. The lowest BCUT2D eigenvalue weighted by atomic mass is 10.2. The van der Waals surface area contributed by atoms with Crippen molar-refractivity contribution in [2.45, 2.75) is 26.8 Å². The van der Waals surface area contributed by atoms with Crippen molar-refractivity contribution in [1.29, 1.82) is 0 Å². The average Bonchev–Trinajstić information content (AvgIpc) is 2.74. The first-order valence-corrected chi connectivity index (χ1v) is 6.66. The van der Waals surface area contributed by atoms with Crippen LogP contribution in [0.4, 0.5) is 10.2 Å². The van der Waals surface area contributed by atoms with Gasteiger partial charge in [-0.1, -0.05) is 24.6 Å². The van der Waals surface area contributed by atoms with Crippen LogP contribution in [-0.4, -0.2) is 15.7 Å². The van der Waals surface area contributed by atoms with Gasteiger partial charge in [-0.25, -0.2) is 4.39 Å². The third kappa shape index (κ3) is 3.17. The molecule has 6 heteroatoms. The number of amides is 1. The van der Waals surface area contributed by atoms with E-state index in [-0.39, 0.29) is 18.3 Å². The van der Waals surface area contributed by atoms with E-state index < -0.39 is 0 Å². The van der Waals surface area contributed by atoms with Gasteiger partial charge in [-0.3, -0.25) is 9.48 Å². The number of aromatic nitrogens is 2. The molecule has 1 heterocycles. The van der Waals surface area contributed by atoms with E-state index in [1.807, 2.05) is 6.92 Å². The third-order valence-corrected chi connectivity index (χ3v) is 3.29. The highest BCUT2D eigenvalue weighted by Gasteiger charge is 2.11. The first kappa shape index (κ1) is 14.5. The van der Waals surface area contributed by atoms with Crippen molar-refractivity contribution in [2.75, 3.05) is 5.32 Å². The molecule has 0 aliphatic rings. The van der Waals surface area contributed by atoms with Crippen molar-refractivity contribution in [3.8, 4) is 0 Å². The predicted octanol–water partition coefficient (Wildman–Crippen LogP) is 3.38. The minimum Gasteiger partial charge on any atom is -0.309 e. The Kier molecular flexibility index (Phi) is 4.39. The number of anilines is 1. The van der Waals surface area contributed by atoms with Crippen LogP contribution in [0, 0.1) is 12.7 Å². The fourth-order valence-corrected chi connectivity index (χ4v) is 2.02. The van der Waals surface area contributed by atoms with E-state index in [2.05, 4.69) is 10.4 Å². The first-order valence-electron chi connectivity index (χ1n) is 6.28. The largest absolute Gasteiger partial charge is 0.309 e. The summed E-state index contributed by atoms with van der Waals surface area (Å²) in [5, 5.41) is 7.27. The molecule has 106 valence electrons. The average molecular weight is 296 g/mol. The standard InChI is InChI=1S/C14H15ClFN3O/c1-3-14(20)17-13-7-9(2)19(18-13)8-10-11(15)5-4-6-12(10)16/h4-7H,3,8H2,1-2H3,(H,17,18,20). The number of hydrogen-bond acceptors (Lipinski definition) is 2. The van der Waals surface area contributed by atoms with Gasteiger partial charge in [0.2, 0.25) is 5.91 Å². The fraction of sp³-hybridized carbons (Fsp3) is 0.286. The molecule has 4 nitrogen and oxygen atoms in total. The van der Waals surface area contributed by atoms with Crippen LogP contribution in [0.25, 0.3) is 0 Å². The SMILES string of the molecule is CCC(=O)Nc1cc(C)n(Cc2c(F)cccc2Cl)n1. The van der Waals surface area contributed by atoms with Gasteiger partial charge in [0, 0.05) is 28.8 Å². The van der Waals surface area contributed by atoms with Gasteiger partial charge < -0.3 is 5.32 Å². The number of nitrogens with one attached hydrogen (secondary N) is 1. The topological polar surface area (TPSA) is 46.9 Å². The normalized spacial score (nSPS) is 10.6. The first-order chi connectivity index (χ1) is 9.51. The summed E-state index contributed by atoms with van der Waals surface area (Å²) >= 11 is 5.99. The molecule has 2 aromatic rings. The number of carbonyl (C=O) groups is 1. The Morgan fingerprint density at radius 3 is 2.90 bits per heavy atom. The molecule has 20 heavy (non-hydrogen) atoms. The van der Waals surface area contributed by atoms with Crippen molar-refractivity contribution in [1.82, 2.24) is 9.78 Å². The van der Waals surface area contributed by atoms with Crippen LogP contribution in [0.1, 0.15) is 24.6 Å². The Morgan fingerprint density at radius 2 is 2.25 bits per heavy atom. The number of hydrogen-bond donors (Lipinski definition) is 1. The minimum atomic E-state index is -0.369. The molecule has 1 aromatic heterocycles. The van der Waals surface area contributed by atoms with E-state index >= 15 is 0 Å². The zero-order valence-corrected chi connectivity index (χ0v) is 12.0. The number of aryl methyl sites for hydroxylation is 1. The van der Waals surface area contributed by atoms with Crippen LogP contribution in [0.3, 0.4) is 0 Å². The van der Waals surface area contributed by atoms with E-state index in [4.69, 9.17) is 11.6 Å². The minimum absolute atomic E-state index is 0.112. The highest BCUT2D eigenvalue weighted by molar-refractivity contribution is 6.31. The van der Waals surface area contributed by atoms with Crippen molar-refractivity contribution in [2.24, 2.45) is 0 Å². The Bertz CT molecular complexity index is 619. The van der Waals surface area contributed by atoms with E-state index in [0.717, 1.165) is 5.69 Å². The number of halogens is 2. The zero-order chi connectivity index (χ0) is 14.7. The number of nitrogens with zero attached hydrogens (tertiary/aromatic N) is 2. The predicted molar refractivity (Wildman–Crippen MR) is 76.4 cm³/mol. The van der Waals surface area contributed by atoms with Crippen molar-refractivity contribution in [3.05, 3.63) is 46.4 Å². The molecule has 0 aliphatic heterocycles. The van der Waals surface area contributed by atoms with E-state index in [0.29, 0.717) is 22.8 Å². The van der Waals surface area contributed by atoms with Crippen LogP contribution in [0.5, 0.6) is 0 Å². The second kappa shape index (κ2) is 6.05. The van der Waals surface area contributed by atoms with Gasteiger partial charge in [0.05, 0.1) is 6.54 Å². The maximum Gasteiger partial charge on any atom is 0.225 e. The van der Waals surface area contributed by atoms with Crippen LogP contribution in [0.2, 0.25) is 5.02 Å². The van der Waals surface area contributed by atoms with E-state index in [9.17, 15) is 9.18 Å². The molecule has 0 bridgehead atoms. The Morgan fingerprint density at radius 1 is 1.50 bits per heavy atom. The molecule has 0 fully saturated rings. The van der Waals surface area contributed by atoms with Crippen LogP contribution >= 0.6 is 11.6 Å². The molecular weight excluding hydrogens is 281 g/mol. The summed E-state index contributed by atoms with van der Waals surface area (Å²) in [6.07, 6.45) is 0.380. The van der Waals surface area contributed by atoms with Gasteiger partial charge in [0.25, 0.3) is 0 Å². The van der Waals surface area contributed by atoms with Gasteiger partial charge in [0.15, 0.2) is 5.82 Å². The van der Waals surface area contributed by atoms with E-state index in [1.54, 1.807) is 29.8 Å².